The average molecular weight is 449 g/mol. The highest BCUT2D eigenvalue weighted by molar-refractivity contribution is 6.30. The van der Waals surface area contributed by atoms with Crippen LogP contribution in [0.3, 0.4) is 0 Å². The van der Waals surface area contributed by atoms with Gasteiger partial charge in [-0.05, 0) is 18.2 Å². The third kappa shape index (κ3) is 4.29. The normalized spacial score (nSPS) is 17.5. The first-order valence-corrected chi connectivity index (χ1v) is 9.71. The molecule has 3 heterocycles. The van der Waals surface area contributed by atoms with E-state index >= 15 is 0 Å². The molecule has 1 atom stereocenters. The van der Waals surface area contributed by atoms with E-state index in [9.17, 15) is 18.0 Å². The molecule has 1 aromatic carbocycles. The second-order valence-electron chi connectivity index (χ2n) is 6.87. The number of nitrogens with zero attached hydrogens (tertiary/aromatic N) is 5. The van der Waals surface area contributed by atoms with E-state index in [0.29, 0.717) is 5.02 Å². The van der Waals surface area contributed by atoms with Gasteiger partial charge in [-0.25, -0.2) is 33.1 Å². The minimum Gasteiger partial charge on any atom is -0.352 e. The van der Waals surface area contributed by atoms with E-state index in [1.54, 1.807) is 6.07 Å². The van der Waals surface area contributed by atoms with E-state index in [0.717, 1.165) is 11.0 Å². The quantitative estimate of drug-likeness (QED) is 0.641. The second-order valence-corrected chi connectivity index (χ2v) is 7.30. The van der Waals surface area contributed by atoms with Gasteiger partial charge in [-0.3, -0.25) is 4.79 Å². The van der Waals surface area contributed by atoms with E-state index < -0.39 is 30.1 Å². The van der Waals surface area contributed by atoms with Crippen LogP contribution in [0.15, 0.2) is 49.1 Å². The predicted octanol–water partition coefficient (Wildman–Crippen LogP) is 3.69. The zero-order valence-corrected chi connectivity index (χ0v) is 16.7. The van der Waals surface area contributed by atoms with Crippen LogP contribution in [-0.4, -0.2) is 55.8 Å². The van der Waals surface area contributed by atoms with Gasteiger partial charge < -0.3 is 10.2 Å². The van der Waals surface area contributed by atoms with E-state index in [1.165, 1.54) is 36.9 Å². The summed E-state index contributed by atoms with van der Waals surface area (Å²) < 4.78 is 43.8. The van der Waals surface area contributed by atoms with Gasteiger partial charge in [0.25, 0.3) is 11.8 Å². The number of amides is 1. The Morgan fingerprint density at radius 3 is 2.58 bits per heavy atom. The van der Waals surface area contributed by atoms with E-state index in [-0.39, 0.29) is 36.0 Å². The Bertz CT molecular complexity index is 1080. The maximum atomic E-state index is 14.6. The molecule has 31 heavy (non-hydrogen) atoms. The van der Waals surface area contributed by atoms with Crippen molar-refractivity contribution in [2.75, 3.05) is 18.4 Å². The minimum absolute atomic E-state index is 0.000790. The van der Waals surface area contributed by atoms with Crippen molar-refractivity contribution in [3.8, 4) is 11.4 Å². The number of aromatic nitrogens is 4. The van der Waals surface area contributed by atoms with Crippen LogP contribution in [0.5, 0.6) is 0 Å². The van der Waals surface area contributed by atoms with Gasteiger partial charge in [-0.1, -0.05) is 17.7 Å². The number of benzene rings is 1. The Kier molecular flexibility index (Phi) is 5.73. The summed E-state index contributed by atoms with van der Waals surface area (Å²) in [6.45, 7) is -0.488. The highest BCUT2D eigenvalue weighted by Gasteiger charge is 2.51. The van der Waals surface area contributed by atoms with Crippen molar-refractivity contribution in [1.29, 1.82) is 0 Å². The number of hydrogen-bond donors (Lipinski definition) is 1. The average Bonchev–Trinajstić information content (AvgIpc) is 3.07. The first-order valence-electron chi connectivity index (χ1n) is 9.33. The molecule has 4 rings (SSSR count). The first-order chi connectivity index (χ1) is 14.9. The number of anilines is 1. The van der Waals surface area contributed by atoms with Crippen molar-refractivity contribution in [2.24, 2.45) is 0 Å². The number of carbonyl (C=O) groups excluding carboxylic acids is 1. The molecule has 0 saturated carbocycles. The van der Waals surface area contributed by atoms with Crippen molar-refractivity contribution in [3.05, 3.63) is 65.5 Å². The summed E-state index contributed by atoms with van der Waals surface area (Å²) >= 11 is 5.73. The van der Waals surface area contributed by atoms with E-state index in [4.69, 9.17) is 11.6 Å². The molecule has 0 radical (unpaired) electrons. The lowest BCUT2D eigenvalue weighted by Gasteiger charge is -2.28. The fourth-order valence-corrected chi connectivity index (χ4v) is 3.52. The predicted molar refractivity (Wildman–Crippen MR) is 107 cm³/mol. The summed E-state index contributed by atoms with van der Waals surface area (Å²) in [6.07, 6.45) is 4.95. The summed E-state index contributed by atoms with van der Waals surface area (Å²) in [7, 11) is 0. The zero-order chi connectivity index (χ0) is 22.0. The Hall–Kier alpha value is -3.27. The number of nitrogens with one attached hydrogen (secondary N) is 1. The van der Waals surface area contributed by atoms with Crippen LogP contribution in [0.2, 0.25) is 5.02 Å². The maximum absolute atomic E-state index is 14.6. The lowest BCUT2D eigenvalue weighted by Crippen LogP contribution is -2.47. The van der Waals surface area contributed by atoms with Crippen LogP contribution in [0.4, 0.5) is 19.1 Å². The van der Waals surface area contributed by atoms with Crippen molar-refractivity contribution < 1.29 is 18.0 Å². The molecule has 2 aromatic heterocycles. The van der Waals surface area contributed by atoms with Gasteiger partial charge in [0.15, 0.2) is 5.82 Å². The number of alkyl halides is 2. The molecule has 1 amide bonds. The number of carbonyl (C=O) groups is 1. The van der Waals surface area contributed by atoms with Crippen LogP contribution >= 0.6 is 11.6 Å². The van der Waals surface area contributed by atoms with Crippen LogP contribution in [0, 0.1) is 5.82 Å². The zero-order valence-electron chi connectivity index (χ0n) is 16.0. The summed E-state index contributed by atoms with van der Waals surface area (Å²) in [5.41, 5.74) is -0.215. The van der Waals surface area contributed by atoms with Gasteiger partial charge in [0.2, 0.25) is 5.95 Å². The molecule has 1 N–H and O–H groups in total. The standard InChI is InChI=1S/C20H16ClF3N6O/c21-12-9-27-19(28-10-12)29-11-15-20(23,24)5-8-30(15)18(31)13-3-1-4-14(22)16(13)17-25-6-2-7-26-17/h1-4,6-7,9-10,15H,5,8,11H2,(H,27,28,29). The van der Waals surface area contributed by atoms with Gasteiger partial charge in [-0.15, -0.1) is 0 Å². The van der Waals surface area contributed by atoms with Gasteiger partial charge in [0.05, 0.1) is 28.5 Å². The summed E-state index contributed by atoms with van der Waals surface area (Å²) in [5.74, 6) is -4.50. The van der Waals surface area contributed by atoms with Crippen molar-refractivity contribution in [3.63, 3.8) is 0 Å². The Morgan fingerprint density at radius 1 is 1.16 bits per heavy atom. The maximum Gasteiger partial charge on any atom is 0.271 e. The Balaban J connectivity index is 1.63. The SMILES string of the molecule is O=C(c1cccc(F)c1-c1ncccn1)N1CCC(F)(F)C1CNc1ncc(Cl)cn1. The molecule has 7 nitrogen and oxygen atoms in total. The van der Waals surface area contributed by atoms with Crippen LogP contribution in [0.25, 0.3) is 11.4 Å². The fourth-order valence-electron chi connectivity index (χ4n) is 3.43. The van der Waals surface area contributed by atoms with Gasteiger partial charge in [-0.2, -0.15) is 0 Å². The smallest absolute Gasteiger partial charge is 0.271 e. The molecule has 1 unspecified atom stereocenters. The Labute approximate surface area is 180 Å². The van der Waals surface area contributed by atoms with Crippen molar-refractivity contribution >= 4 is 23.5 Å². The second kappa shape index (κ2) is 8.46. The molecule has 1 fully saturated rings. The molecule has 0 bridgehead atoms. The molecule has 1 aliphatic heterocycles. The number of halogens is 4. The third-order valence-corrected chi connectivity index (χ3v) is 5.11. The lowest BCUT2D eigenvalue weighted by atomic mass is 10.0. The number of hydrogen-bond acceptors (Lipinski definition) is 6. The lowest BCUT2D eigenvalue weighted by molar-refractivity contribution is -0.0248. The molecule has 0 spiro atoms. The Morgan fingerprint density at radius 2 is 1.87 bits per heavy atom. The molecule has 11 heteroatoms. The van der Waals surface area contributed by atoms with Gasteiger partial charge in [0, 0.05) is 31.9 Å². The van der Waals surface area contributed by atoms with Gasteiger partial charge >= 0.3 is 0 Å². The molecular formula is C20H16ClF3N6O. The number of likely N-dealkylation sites (tertiary alicyclic amines) is 1. The van der Waals surface area contributed by atoms with Crippen LogP contribution in [0.1, 0.15) is 16.8 Å². The van der Waals surface area contributed by atoms with Gasteiger partial charge in [0.1, 0.15) is 11.9 Å². The molecule has 160 valence electrons. The van der Waals surface area contributed by atoms with Crippen molar-refractivity contribution in [1.82, 2.24) is 24.8 Å². The monoisotopic (exact) mass is 448 g/mol. The molecule has 1 aliphatic rings. The molecular weight excluding hydrogens is 433 g/mol. The summed E-state index contributed by atoms with van der Waals surface area (Å²) in [4.78, 5) is 30.1. The topological polar surface area (TPSA) is 83.9 Å². The fraction of sp³-hybridized carbons (Fsp3) is 0.250. The molecule has 1 saturated heterocycles. The van der Waals surface area contributed by atoms with E-state index in [1.807, 2.05) is 0 Å². The molecule has 0 aliphatic carbocycles. The third-order valence-electron chi connectivity index (χ3n) is 4.92. The largest absolute Gasteiger partial charge is 0.352 e. The number of rotatable bonds is 5. The van der Waals surface area contributed by atoms with Crippen LogP contribution < -0.4 is 5.32 Å². The minimum atomic E-state index is -3.15. The van der Waals surface area contributed by atoms with Crippen molar-refractivity contribution in [2.45, 2.75) is 18.4 Å². The van der Waals surface area contributed by atoms with E-state index in [2.05, 4.69) is 25.3 Å². The highest BCUT2D eigenvalue weighted by Crippen LogP contribution is 2.36. The summed E-state index contributed by atoms with van der Waals surface area (Å²) in [6, 6.07) is 3.95. The van der Waals surface area contributed by atoms with Crippen LogP contribution in [-0.2, 0) is 0 Å². The first kappa shape index (κ1) is 21.0. The summed E-state index contributed by atoms with van der Waals surface area (Å²) in [5, 5.41) is 3.01. The highest BCUT2D eigenvalue weighted by atomic mass is 35.5. The molecule has 3 aromatic rings.